The molecule has 0 saturated carbocycles. The number of rotatable bonds is 5. The molecule has 7 heteroatoms. The van der Waals surface area contributed by atoms with Gasteiger partial charge in [-0.05, 0) is 38.1 Å². The van der Waals surface area contributed by atoms with E-state index in [-0.39, 0.29) is 10.9 Å². The minimum absolute atomic E-state index is 0.119. The van der Waals surface area contributed by atoms with Crippen LogP contribution in [0.25, 0.3) is 0 Å². The average molecular weight is 299 g/mol. The van der Waals surface area contributed by atoms with E-state index in [4.69, 9.17) is 4.74 Å². The second-order valence-corrected chi connectivity index (χ2v) is 6.73. The summed E-state index contributed by atoms with van der Waals surface area (Å²) in [5.74, 6) is 0. The molecule has 1 aliphatic heterocycles. The third-order valence-electron chi connectivity index (χ3n) is 2.85. The number of sulfonamides is 1. The van der Waals surface area contributed by atoms with E-state index in [1.165, 1.54) is 0 Å². The van der Waals surface area contributed by atoms with Crippen LogP contribution in [0.1, 0.15) is 13.8 Å². The second-order valence-electron chi connectivity index (χ2n) is 5.01. The van der Waals surface area contributed by atoms with E-state index in [9.17, 15) is 8.42 Å². The lowest BCUT2D eigenvalue weighted by atomic mass is 10.3. The summed E-state index contributed by atoms with van der Waals surface area (Å²) >= 11 is 0. The van der Waals surface area contributed by atoms with Gasteiger partial charge in [-0.15, -0.1) is 0 Å². The molecule has 112 valence electrons. The first-order valence-corrected chi connectivity index (χ1v) is 8.17. The maximum atomic E-state index is 12.0. The quantitative estimate of drug-likeness (QED) is 0.850. The monoisotopic (exact) mass is 299 g/mol. The van der Waals surface area contributed by atoms with Gasteiger partial charge in [0, 0.05) is 24.8 Å². The molecule has 1 heterocycles. The molecule has 2 N–H and O–H groups in total. The third kappa shape index (κ3) is 4.17. The zero-order valence-electron chi connectivity index (χ0n) is 11.8. The molecule has 1 fully saturated rings. The first-order valence-electron chi connectivity index (χ1n) is 6.69. The first-order chi connectivity index (χ1) is 9.47. The normalized spacial score (nSPS) is 17.4. The summed E-state index contributed by atoms with van der Waals surface area (Å²) in [5.41, 5.74) is 4.11. The van der Waals surface area contributed by atoms with Crippen LogP contribution in [0, 0.1) is 0 Å². The molecule has 1 saturated heterocycles. The largest absolute Gasteiger partial charge is 0.379 e. The number of nitrogens with one attached hydrogen (secondary N) is 2. The Labute approximate surface area is 120 Å². The van der Waals surface area contributed by atoms with Gasteiger partial charge >= 0.3 is 0 Å². The smallest absolute Gasteiger partial charge is 0.240 e. The van der Waals surface area contributed by atoms with Crippen molar-refractivity contribution in [1.82, 2.24) is 9.73 Å². The Morgan fingerprint density at radius 3 is 2.30 bits per heavy atom. The maximum Gasteiger partial charge on any atom is 0.240 e. The molecule has 2 rings (SSSR count). The number of benzene rings is 1. The van der Waals surface area contributed by atoms with E-state index in [0.29, 0.717) is 13.2 Å². The SMILES string of the molecule is CC(C)NS(=O)(=O)c1ccc(NN2CCOCC2)cc1. The number of nitrogens with zero attached hydrogens (tertiary/aromatic N) is 1. The molecular weight excluding hydrogens is 278 g/mol. The van der Waals surface area contributed by atoms with E-state index in [2.05, 4.69) is 15.2 Å². The molecule has 1 aliphatic rings. The highest BCUT2D eigenvalue weighted by molar-refractivity contribution is 7.89. The number of hydrogen-bond donors (Lipinski definition) is 2. The van der Waals surface area contributed by atoms with Crippen molar-refractivity contribution < 1.29 is 13.2 Å². The second kappa shape index (κ2) is 6.53. The Kier molecular flexibility index (Phi) is 4.98. The lowest BCUT2D eigenvalue weighted by Crippen LogP contribution is -2.40. The van der Waals surface area contributed by atoms with Gasteiger partial charge in [0.2, 0.25) is 10.0 Å². The van der Waals surface area contributed by atoms with Crippen LogP contribution >= 0.6 is 0 Å². The van der Waals surface area contributed by atoms with Crippen LogP contribution in [0.3, 0.4) is 0 Å². The van der Waals surface area contributed by atoms with E-state index < -0.39 is 10.0 Å². The van der Waals surface area contributed by atoms with Crippen molar-refractivity contribution in [1.29, 1.82) is 0 Å². The fourth-order valence-electron chi connectivity index (χ4n) is 1.94. The van der Waals surface area contributed by atoms with E-state index in [0.717, 1.165) is 18.8 Å². The Morgan fingerprint density at radius 2 is 1.75 bits per heavy atom. The molecule has 0 spiro atoms. The molecule has 0 atom stereocenters. The van der Waals surface area contributed by atoms with E-state index in [1.54, 1.807) is 38.1 Å². The number of hydrogen-bond acceptors (Lipinski definition) is 5. The number of anilines is 1. The molecule has 6 nitrogen and oxygen atoms in total. The van der Waals surface area contributed by atoms with Gasteiger partial charge in [-0.3, -0.25) is 0 Å². The third-order valence-corrected chi connectivity index (χ3v) is 4.53. The molecule has 0 amide bonds. The number of ether oxygens (including phenoxy) is 1. The zero-order valence-corrected chi connectivity index (χ0v) is 12.6. The lowest BCUT2D eigenvalue weighted by Gasteiger charge is -2.28. The van der Waals surface area contributed by atoms with E-state index in [1.807, 2.05) is 0 Å². The van der Waals surface area contributed by atoms with Crippen LogP contribution in [0.4, 0.5) is 5.69 Å². The molecule has 1 aromatic carbocycles. The van der Waals surface area contributed by atoms with Gasteiger partial charge in [-0.25, -0.2) is 18.1 Å². The average Bonchev–Trinajstić information content (AvgIpc) is 2.39. The minimum atomic E-state index is -3.42. The molecule has 0 aromatic heterocycles. The highest BCUT2D eigenvalue weighted by Gasteiger charge is 2.15. The number of morpholine rings is 1. The van der Waals surface area contributed by atoms with Gasteiger partial charge in [-0.1, -0.05) is 0 Å². The summed E-state index contributed by atoms with van der Waals surface area (Å²) in [6.45, 7) is 6.64. The van der Waals surface area contributed by atoms with E-state index >= 15 is 0 Å². The Hall–Kier alpha value is -1.15. The molecular formula is C13H21N3O3S. The van der Waals surface area contributed by atoms with Gasteiger partial charge in [0.05, 0.1) is 18.1 Å². The van der Waals surface area contributed by atoms with Crippen molar-refractivity contribution in [3.8, 4) is 0 Å². The van der Waals surface area contributed by atoms with Gasteiger partial charge in [-0.2, -0.15) is 0 Å². The molecule has 0 bridgehead atoms. The highest BCUT2D eigenvalue weighted by atomic mass is 32.2. The van der Waals surface area contributed by atoms with Crippen molar-refractivity contribution in [2.75, 3.05) is 31.7 Å². The van der Waals surface area contributed by atoms with Gasteiger partial charge in [0.15, 0.2) is 0 Å². The van der Waals surface area contributed by atoms with Crippen LogP contribution in [0.15, 0.2) is 29.2 Å². The van der Waals surface area contributed by atoms with Crippen LogP contribution in [0.5, 0.6) is 0 Å². The van der Waals surface area contributed by atoms with Crippen LogP contribution in [0.2, 0.25) is 0 Å². The standard InChI is InChI=1S/C13H21N3O3S/c1-11(2)15-20(17,18)13-5-3-12(4-6-13)14-16-7-9-19-10-8-16/h3-6,11,14-15H,7-10H2,1-2H3. The maximum absolute atomic E-state index is 12.0. The van der Waals surface area contributed by atoms with Crippen molar-refractivity contribution in [2.24, 2.45) is 0 Å². The molecule has 0 aliphatic carbocycles. The van der Waals surface area contributed by atoms with Crippen LogP contribution in [-0.2, 0) is 14.8 Å². The minimum Gasteiger partial charge on any atom is -0.379 e. The lowest BCUT2D eigenvalue weighted by molar-refractivity contribution is 0.0497. The van der Waals surface area contributed by atoms with Crippen LogP contribution < -0.4 is 10.1 Å². The van der Waals surface area contributed by atoms with Crippen LogP contribution in [-0.4, -0.2) is 45.8 Å². The van der Waals surface area contributed by atoms with Gasteiger partial charge < -0.3 is 10.2 Å². The van der Waals surface area contributed by atoms with Gasteiger partial charge in [0.1, 0.15) is 0 Å². The highest BCUT2D eigenvalue weighted by Crippen LogP contribution is 2.15. The summed E-state index contributed by atoms with van der Waals surface area (Å²) in [7, 11) is -3.42. The molecule has 0 radical (unpaired) electrons. The number of hydrazine groups is 1. The Balaban J connectivity index is 2.02. The van der Waals surface area contributed by atoms with Crippen molar-refractivity contribution >= 4 is 15.7 Å². The summed E-state index contributed by atoms with van der Waals surface area (Å²) < 4.78 is 31.8. The van der Waals surface area contributed by atoms with Crippen molar-refractivity contribution in [3.63, 3.8) is 0 Å². The molecule has 1 aromatic rings. The summed E-state index contributed by atoms with van der Waals surface area (Å²) in [4.78, 5) is 0.277. The fraction of sp³-hybridized carbons (Fsp3) is 0.538. The molecule has 20 heavy (non-hydrogen) atoms. The Bertz CT molecular complexity index is 522. The predicted octanol–water partition coefficient (Wildman–Crippen LogP) is 1.03. The predicted molar refractivity (Wildman–Crippen MR) is 77.9 cm³/mol. The summed E-state index contributed by atoms with van der Waals surface area (Å²) in [5, 5.41) is 2.05. The summed E-state index contributed by atoms with van der Waals surface area (Å²) in [6.07, 6.45) is 0. The van der Waals surface area contributed by atoms with Crippen molar-refractivity contribution in [2.45, 2.75) is 24.8 Å². The van der Waals surface area contributed by atoms with Crippen molar-refractivity contribution in [3.05, 3.63) is 24.3 Å². The summed E-state index contributed by atoms with van der Waals surface area (Å²) in [6, 6.07) is 6.63. The Morgan fingerprint density at radius 1 is 1.15 bits per heavy atom. The molecule has 0 unspecified atom stereocenters. The fourth-order valence-corrected chi connectivity index (χ4v) is 3.20. The topological polar surface area (TPSA) is 70.7 Å². The zero-order chi connectivity index (χ0) is 14.6. The van der Waals surface area contributed by atoms with Gasteiger partial charge in [0.25, 0.3) is 0 Å². The first kappa shape index (κ1) is 15.2.